The monoisotopic (exact) mass is 148 g/mol. The molecule has 0 rings (SSSR count). The highest BCUT2D eigenvalue weighted by Crippen LogP contribution is 1.98. The molecular formula is C7H15ClN+. The molecule has 0 amide bonds. The number of rotatable bonds is 3. The van der Waals surface area contributed by atoms with Crippen molar-refractivity contribution in [2.24, 2.45) is 0 Å². The number of halogens is 1. The van der Waals surface area contributed by atoms with E-state index in [2.05, 4.69) is 20.2 Å². The fourth-order valence-electron chi connectivity index (χ4n) is 0.440. The maximum absolute atomic E-state index is 5.67. The molecule has 0 atom stereocenters. The van der Waals surface area contributed by atoms with Crippen molar-refractivity contribution >= 4 is 11.6 Å². The molecule has 0 aromatic heterocycles. The molecule has 0 fully saturated rings. The van der Waals surface area contributed by atoms with Crippen LogP contribution in [-0.4, -0.2) is 31.1 Å². The van der Waals surface area contributed by atoms with E-state index in [4.69, 9.17) is 11.6 Å². The van der Waals surface area contributed by atoms with E-state index in [1.54, 1.807) is 0 Å². The summed E-state index contributed by atoms with van der Waals surface area (Å²) in [7, 11) is 4.21. The number of hydrogen-bond acceptors (Lipinski definition) is 0. The molecular weight excluding hydrogens is 134 g/mol. The lowest BCUT2D eigenvalue weighted by molar-refractivity contribution is -0.873. The Bertz CT molecular complexity index is 97.1. The van der Waals surface area contributed by atoms with Crippen LogP contribution in [0.3, 0.4) is 0 Å². The Balaban J connectivity index is 3.58. The zero-order valence-electron chi connectivity index (χ0n) is 6.39. The van der Waals surface area contributed by atoms with E-state index in [0.29, 0.717) is 6.00 Å². The smallest absolute Gasteiger partial charge is 0.154 e. The van der Waals surface area contributed by atoms with Gasteiger partial charge in [-0.25, -0.2) is 0 Å². The lowest BCUT2D eigenvalue weighted by Crippen LogP contribution is -2.38. The van der Waals surface area contributed by atoms with Crippen LogP contribution in [0.15, 0.2) is 12.2 Å². The number of nitrogens with zero attached hydrogens (tertiary/aromatic N) is 1. The van der Waals surface area contributed by atoms with Crippen LogP contribution in [0.2, 0.25) is 0 Å². The molecule has 0 aliphatic carbocycles. The third-order valence-electron chi connectivity index (χ3n) is 1.16. The van der Waals surface area contributed by atoms with Gasteiger partial charge in [-0.2, -0.15) is 0 Å². The van der Waals surface area contributed by atoms with Gasteiger partial charge in [0.15, 0.2) is 6.00 Å². The normalized spacial score (nSPS) is 12.9. The van der Waals surface area contributed by atoms with Crippen molar-refractivity contribution in [3.05, 3.63) is 12.2 Å². The average Bonchev–Trinajstić information content (AvgIpc) is 1.84. The van der Waals surface area contributed by atoms with Crippen molar-refractivity contribution in [2.45, 2.75) is 6.92 Å². The summed E-state index contributed by atoms with van der Waals surface area (Å²) in [5, 5.41) is 0. The first-order valence-corrected chi connectivity index (χ1v) is 3.65. The predicted molar refractivity (Wildman–Crippen MR) is 42.5 cm³/mol. The minimum Gasteiger partial charge on any atom is -0.313 e. The minimum atomic E-state index is 0.671. The summed E-state index contributed by atoms with van der Waals surface area (Å²) in [4.78, 5) is 0. The Hall–Kier alpha value is -0.0100. The van der Waals surface area contributed by atoms with Gasteiger partial charge in [0.05, 0.1) is 20.6 Å². The quantitative estimate of drug-likeness (QED) is 0.248. The summed E-state index contributed by atoms with van der Waals surface area (Å²) >= 11 is 5.67. The van der Waals surface area contributed by atoms with Crippen molar-refractivity contribution in [3.63, 3.8) is 0 Å². The van der Waals surface area contributed by atoms with Crippen LogP contribution in [-0.2, 0) is 0 Å². The highest BCUT2D eigenvalue weighted by Gasteiger charge is 2.08. The molecule has 0 heterocycles. The molecule has 0 unspecified atom stereocenters. The average molecular weight is 149 g/mol. The standard InChI is InChI=1S/C7H15ClN/c1-4-5-6-9(2,3)7-8/h4-5H,6-7H2,1-3H3/q+1/b5-4+. The van der Waals surface area contributed by atoms with Crippen LogP contribution < -0.4 is 0 Å². The zero-order valence-corrected chi connectivity index (χ0v) is 7.15. The van der Waals surface area contributed by atoms with E-state index in [1.165, 1.54) is 0 Å². The highest BCUT2D eigenvalue weighted by atomic mass is 35.5. The molecule has 0 bridgehead atoms. The summed E-state index contributed by atoms with van der Waals surface area (Å²) in [6.07, 6.45) is 4.18. The largest absolute Gasteiger partial charge is 0.313 e. The fourth-order valence-corrected chi connectivity index (χ4v) is 0.537. The third kappa shape index (κ3) is 4.49. The summed E-state index contributed by atoms with van der Waals surface area (Å²) in [6, 6.07) is 0.671. The van der Waals surface area contributed by atoms with Gasteiger partial charge in [0.25, 0.3) is 0 Å². The molecule has 0 saturated carbocycles. The molecule has 1 nitrogen and oxygen atoms in total. The van der Waals surface area contributed by atoms with Crippen LogP contribution >= 0.6 is 11.6 Å². The van der Waals surface area contributed by atoms with Crippen molar-refractivity contribution < 1.29 is 4.48 Å². The van der Waals surface area contributed by atoms with E-state index in [1.807, 2.05) is 13.0 Å². The second-order valence-electron chi connectivity index (χ2n) is 2.81. The molecule has 0 aromatic rings. The van der Waals surface area contributed by atoms with Crippen molar-refractivity contribution in [1.82, 2.24) is 0 Å². The maximum atomic E-state index is 5.67. The summed E-state index contributed by atoms with van der Waals surface area (Å²) in [5.74, 6) is 0. The molecule has 0 radical (unpaired) electrons. The molecule has 0 saturated heterocycles. The van der Waals surface area contributed by atoms with Crippen LogP contribution in [0.4, 0.5) is 0 Å². The van der Waals surface area contributed by atoms with Crippen LogP contribution in [0.5, 0.6) is 0 Å². The van der Waals surface area contributed by atoms with Gasteiger partial charge in [-0.3, -0.25) is 0 Å². The van der Waals surface area contributed by atoms with Gasteiger partial charge >= 0.3 is 0 Å². The number of quaternary nitrogens is 1. The summed E-state index contributed by atoms with van der Waals surface area (Å²) < 4.78 is 0.853. The van der Waals surface area contributed by atoms with Crippen LogP contribution in [0.1, 0.15) is 6.92 Å². The Morgan fingerprint density at radius 1 is 1.44 bits per heavy atom. The maximum Gasteiger partial charge on any atom is 0.154 e. The minimum absolute atomic E-state index is 0.671. The van der Waals surface area contributed by atoms with E-state index in [-0.39, 0.29) is 0 Å². The molecule has 0 aromatic carbocycles. The second kappa shape index (κ2) is 3.91. The Labute approximate surface area is 62.5 Å². The van der Waals surface area contributed by atoms with Gasteiger partial charge in [-0.1, -0.05) is 17.7 Å². The number of alkyl halides is 1. The van der Waals surface area contributed by atoms with Gasteiger partial charge in [0.1, 0.15) is 0 Å². The van der Waals surface area contributed by atoms with Crippen molar-refractivity contribution in [3.8, 4) is 0 Å². The van der Waals surface area contributed by atoms with Crippen molar-refractivity contribution in [2.75, 3.05) is 26.6 Å². The SMILES string of the molecule is C/C=C/C[N+](C)(C)CCl. The summed E-state index contributed by atoms with van der Waals surface area (Å²) in [6.45, 7) is 3.04. The summed E-state index contributed by atoms with van der Waals surface area (Å²) in [5.41, 5.74) is 0. The molecule has 54 valence electrons. The van der Waals surface area contributed by atoms with E-state index in [9.17, 15) is 0 Å². The number of hydrogen-bond donors (Lipinski definition) is 0. The lowest BCUT2D eigenvalue weighted by Gasteiger charge is -2.24. The zero-order chi connectivity index (χ0) is 7.33. The third-order valence-corrected chi connectivity index (χ3v) is 1.81. The molecule has 9 heavy (non-hydrogen) atoms. The van der Waals surface area contributed by atoms with Gasteiger partial charge < -0.3 is 4.48 Å². The van der Waals surface area contributed by atoms with E-state index < -0.39 is 0 Å². The van der Waals surface area contributed by atoms with Gasteiger partial charge in [0.2, 0.25) is 0 Å². The Morgan fingerprint density at radius 3 is 2.33 bits per heavy atom. The molecule has 0 N–H and O–H groups in total. The predicted octanol–water partition coefficient (Wildman–Crippen LogP) is 1.84. The molecule has 0 aliphatic rings. The van der Waals surface area contributed by atoms with Crippen LogP contribution in [0, 0.1) is 0 Å². The first-order chi connectivity index (χ1) is 4.12. The molecule has 2 heteroatoms. The second-order valence-corrected chi connectivity index (χ2v) is 3.05. The topological polar surface area (TPSA) is 0 Å². The first kappa shape index (κ1) is 8.99. The fraction of sp³-hybridized carbons (Fsp3) is 0.714. The lowest BCUT2D eigenvalue weighted by atomic mass is 10.4. The van der Waals surface area contributed by atoms with E-state index in [0.717, 1.165) is 11.0 Å². The first-order valence-electron chi connectivity index (χ1n) is 3.11. The van der Waals surface area contributed by atoms with E-state index >= 15 is 0 Å². The molecule has 0 spiro atoms. The Morgan fingerprint density at radius 2 is 2.00 bits per heavy atom. The van der Waals surface area contributed by atoms with Gasteiger partial charge in [-0.05, 0) is 13.0 Å². The Kier molecular flexibility index (Phi) is 3.91. The highest BCUT2D eigenvalue weighted by molar-refractivity contribution is 6.16. The van der Waals surface area contributed by atoms with Gasteiger partial charge in [0, 0.05) is 0 Å². The number of likely N-dealkylation sites (N-methyl/N-ethyl adjacent to an activating group) is 1. The molecule has 0 aliphatic heterocycles. The van der Waals surface area contributed by atoms with Gasteiger partial charge in [-0.15, -0.1) is 0 Å². The number of allylic oxidation sites excluding steroid dienone is 1. The van der Waals surface area contributed by atoms with Crippen molar-refractivity contribution in [1.29, 1.82) is 0 Å². The van der Waals surface area contributed by atoms with Crippen LogP contribution in [0.25, 0.3) is 0 Å².